The van der Waals surface area contributed by atoms with Crippen molar-refractivity contribution in [3.05, 3.63) is 59.7 Å². The number of hydrogen-bond acceptors (Lipinski definition) is 6. The summed E-state index contributed by atoms with van der Waals surface area (Å²) in [6.45, 7) is 6.87. The highest BCUT2D eigenvalue weighted by Gasteiger charge is 2.31. The van der Waals surface area contributed by atoms with E-state index in [0.717, 1.165) is 23.5 Å². The number of aromatic nitrogens is 3. The van der Waals surface area contributed by atoms with Crippen LogP contribution in [-0.2, 0) is 16.8 Å². The fourth-order valence-electron chi connectivity index (χ4n) is 3.36. The number of anilines is 3. The molecule has 1 amide bonds. The highest BCUT2D eigenvalue weighted by atomic mass is 19.1. The molecule has 8 heteroatoms. The van der Waals surface area contributed by atoms with Crippen molar-refractivity contribution in [1.82, 2.24) is 20.3 Å². The van der Waals surface area contributed by atoms with Gasteiger partial charge in [0.15, 0.2) is 0 Å². The molecule has 7 nitrogen and oxygen atoms in total. The van der Waals surface area contributed by atoms with Crippen molar-refractivity contribution in [3.63, 3.8) is 0 Å². The number of amides is 1. The first-order chi connectivity index (χ1) is 14.3. The van der Waals surface area contributed by atoms with E-state index in [-0.39, 0.29) is 23.6 Å². The lowest BCUT2D eigenvalue weighted by molar-refractivity contribution is -0.119. The van der Waals surface area contributed by atoms with Crippen molar-refractivity contribution in [2.24, 2.45) is 0 Å². The van der Waals surface area contributed by atoms with Crippen LogP contribution in [0.3, 0.4) is 0 Å². The van der Waals surface area contributed by atoms with Gasteiger partial charge in [0.25, 0.3) is 0 Å². The van der Waals surface area contributed by atoms with Gasteiger partial charge < -0.3 is 16.0 Å². The van der Waals surface area contributed by atoms with Crippen LogP contribution >= 0.6 is 0 Å². The second-order valence-corrected chi connectivity index (χ2v) is 7.97. The van der Waals surface area contributed by atoms with Gasteiger partial charge in [-0.1, -0.05) is 19.9 Å². The quantitative estimate of drug-likeness (QED) is 0.598. The van der Waals surface area contributed by atoms with Gasteiger partial charge in [-0.2, -0.15) is 0 Å². The Labute approximate surface area is 174 Å². The smallest absolute Gasteiger partial charge is 0.227 e. The largest absolute Gasteiger partial charge is 0.369 e. The Balaban J connectivity index is 1.56. The Hall–Kier alpha value is -3.55. The third kappa shape index (κ3) is 4.07. The van der Waals surface area contributed by atoms with Crippen LogP contribution in [0.1, 0.15) is 31.9 Å². The molecule has 1 aliphatic heterocycles. The van der Waals surface area contributed by atoms with Crippen molar-refractivity contribution >= 4 is 23.4 Å². The first-order valence-electron chi connectivity index (χ1n) is 9.69. The minimum absolute atomic E-state index is 0.00538. The Morgan fingerprint density at radius 3 is 2.83 bits per heavy atom. The molecular formula is C22H23FN6O. The number of halogens is 1. The van der Waals surface area contributed by atoms with Gasteiger partial charge in [-0.15, -0.1) is 0 Å². The van der Waals surface area contributed by atoms with Crippen LogP contribution in [0.15, 0.2) is 42.7 Å². The van der Waals surface area contributed by atoms with E-state index >= 15 is 0 Å². The van der Waals surface area contributed by atoms with Crippen LogP contribution in [0.5, 0.6) is 0 Å². The van der Waals surface area contributed by atoms with Gasteiger partial charge in [0.1, 0.15) is 11.6 Å². The topological polar surface area (TPSA) is 91.8 Å². The molecule has 0 bridgehead atoms. The minimum Gasteiger partial charge on any atom is -0.369 e. The lowest BCUT2D eigenvalue weighted by Crippen LogP contribution is -2.19. The van der Waals surface area contributed by atoms with Crippen molar-refractivity contribution in [2.45, 2.75) is 32.7 Å². The van der Waals surface area contributed by atoms with Crippen molar-refractivity contribution in [1.29, 1.82) is 0 Å². The number of pyridine rings is 1. The molecule has 30 heavy (non-hydrogen) atoms. The van der Waals surface area contributed by atoms with Crippen molar-refractivity contribution in [3.8, 4) is 11.3 Å². The number of benzene rings is 1. The van der Waals surface area contributed by atoms with Crippen molar-refractivity contribution < 1.29 is 9.18 Å². The monoisotopic (exact) mass is 406 g/mol. The summed E-state index contributed by atoms with van der Waals surface area (Å²) >= 11 is 0. The zero-order valence-corrected chi connectivity index (χ0v) is 17.1. The average molecular weight is 406 g/mol. The number of fused-ring (bicyclic) bond motifs is 1. The molecule has 0 radical (unpaired) electrons. The summed E-state index contributed by atoms with van der Waals surface area (Å²) in [5.74, 6) is 0.582. The fraction of sp³-hybridized carbons (Fsp3) is 0.273. The van der Waals surface area contributed by atoms with E-state index in [0.29, 0.717) is 17.2 Å². The summed E-state index contributed by atoms with van der Waals surface area (Å²) in [5.41, 5.74) is 3.65. The first-order valence-corrected chi connectivity index (χ1v) is 9.69. The molecule has 0 spiro atoms. The molecular weight excluding hydrogens is 383 g/mol. The first kappa shape index (κ1) is 19.8. The van der Waals surface area contributed by atoms with Crippen molar-refractivity contribution in [2.75, 3.05) is 17.2 Å². The highest BCUT2D eigenvalue weighted by Crippen LogP contribution is 2.36. The standard InChI is InChI=1S/C22H23FN6O/c1-13(30)25-10-14-4-5-19(17(23)8-14)29-21-24-7-6-18(28-21)15-9-16-20(26-11-15)27-12-22(16,2)3/h4-9,11H,10,12H2,1-3H3,(H,25,30)(H,26,27)(H,24,28,29). The van der Waals surface area contributed by atoms with E-state index in [1.165, 1.54) is 13.0 Å². The van der Waals surface area contributed by atoms with Crippen LogP contribution in [0, 0.1) is 5.82 Å². The van der Waals surface area contributed by atoms with Gasteiger partial charge in [0.05, 0.1) is 11.4 Å². The summed E-state index contributed by atoms with van der Waals surface area (Å²) < 4.78 is 14.5. The van der Waals surface area contributed by atoms with Crippen LogP contribution in [0.4, 0.5) is 21.8 Å². The molecule has 4 rings (SSSR count). The van der Waals surface area contributed by atoms with Crippen LogP contribution < -0.4 is 16.0 Å². The molecule has 0 atom stereocenters. The number of carbonyl (C=O) groups is 1. The van der Waals surface area contributed by atoms with Gasteiger partial charge in [0.2, 0.25) is 11.9 Å². The summed E-state index contributed by atoms with van der Waals surface area (Å²) in [7, 11) is 0. The molecule has 0 unspecified atom stereocenters. The number of rotatable bonds is 5. The van der Waals surface area contributed by atoms with Gasteiger partial charge in [0, 0.05) is 48.9 Å². The number of hydrogen-bond donors (Lipinski definition) is 3. The average Bonchev–Trinajstić information content (AvgIpc) is 3.03. The molecule has 3 N–H and O–H groups in total. The number of nitrogens with zero attached hydrogens (tertiary/aromatic N) is 3. The highest BCUT2D eigenvalue weighted by molar-refractivity contribution is 5.72. The molecule has 154 valence electrons. The van der Waals surface area contributed by atoms with E-state index < -0.39 is 5.82 Å². The zero-order chi connectivity index (χ0) is 21.3. The lowest BCUT2D eigenvalue weighted by atomic mass is 9.87. The Morgan fingerprint density at radius 2 is 2.07 bits per heavy atom. The maximum atomic E-state index is 14.5. The predicted octanol–water partition coefficient (Wildman–Crippen LogP) is 3.76. The second-order valence-electron chi connectivity index (χ2n) is 7.97. The third-order valence-corrected chi connectivity index (χ3v) is 5.09. The van der Waals surface area contributed by atoms with Gasteiger partial charge in [-0.05, 0) is 29.8 Å². The molecule has 0 aliphatic carbocycles. The van der Waals surface area contributed by atoms with E-state index in [1.54, 1.807) is 30.6 Å². The fourth-order valence-corrected chi connectivity index (χ4v) is 3.36. The SMILES string of the molecule is CC(=O)NCc1ccc(Nc2nccc(-c3cnc4c(c3)C(C)(C)CN4)n2)c(F)c1. The molecule has 3 heterocycles. The van der Waals surface area contributed by atoms with Crippen LogP contribution in [-0.4, -0.2) is 27.4 Å². The second kappa shape index (κ2) is 7.70. The third-order valence-electron chi connectivity index (χ3n) is 5.09. The minimum atomic E-state index is -0.445. The van der Waals surface area contributed by atoms with E-state index in [2.05, 4.69) is 50.8 Å². The number of carbonyl (C=O) groups excluding carboxylic acids is 1. The predicted molar refractivity (Wildman–Crippen MR) is 114 cm³/mol. The van der Waals surface area contributed by atoms with E-state index in [9.17, 15) is 9.18 Å². The Bertz CT molecular complexity index is 1110. The molecule has 0 saturated carbocycles. The van der Waals surface area contributed by atoms with E-state index in [4.69, 9.17) is 0 Å². The molecule has 1 aromatic carbocycles. The molecule has 1 aliphatic rings. The van der Waals surface area contributed by atoms with Gasteiger partial charge in [-0.25, -0.2) is 19.3 Å². The summed E-state index contributed by atoms with van der Waals surface area (Å²) in [5, 5.41) is 8.89. The molecule has 2 aromatic heterocycles. The summed E-state index contributed by atoms with van der Waals surface area (Å²) in [4.78, 5) is 24.3. The Kier molecular flexibility index (Phi) is 5.07. The van der Waals surface area contributed by atoms with E-state index in [1.807, 2.05) is 0 Å². The maximum absolute atomic E-state index is 14.5. The Morgan fingerprint density at radius 1 is 1.23 bits per heavy atom. The van der Waals surface area contributed by atoms with Gasteiger partial charge in [-0.3, -0.25) is 4.79 Å². The van der Waals surface area contributed by atoms with Crippen LogP contribution in [0.2, 0.25) is 0 Å². The number of nitrogens with one attached hydrogen (secondary N) is 3. The molecule has 0 fully saturated rings. The maximum Gasteiger partial charge on any atom is 0.227 e. The van der Waals surface area contributed by atoms with Gasteiger partial charge >= 0.3 is 0 Å². The summed E-state index contributed by atoms with van der Waals surface area (Å²) in [6, 6.07) is 8.61. The zero-order valence-electron chi connectivity index (χ0n) is 17.1. The van der Waals surface area contributed by atoms with Crippen LogP contribution in [0.25, 0.3) is 11.3 Å². The lowest BCUT2D eigenvalue weighted by Gasteiger charge is -2.17. The molecule has 0 saturated heterocycles. The molecule has 3 aromatic rings. The summed E-state index contributed by atoms with van der Waals surface area (Å²) in [6.07, 6.45) is 3.40. The normalized spacial score (nSPS) is 14.0.